The molecule has 0 bridgehead atoms. The largest absolute Gasteiger partial charge is 0.354 e. The summed E-state index contributed by atoms with van der Waals surface area (Å²) in [6.45, 7) is 8.45. The van der Waals surface area contributed by atoms with Crippen LogP contribution >= 0.6 is 0 Å². The minimum absolute atomic E-state index is 0.00681. The minimum Gasteiger partial charge on any atom is -0.354 e. The molecule has 1 amide bonds. The summed E-state index contributed by atoms with van der Waals surface area (Å²) < 4.78 is 0. The van der Waals surface area contributed by atoms with Crippen LogP contribution in [-0.2, 0) is 6.42 Å². The molecule has 3 N–H and O–H groups in total. The molecule has 1 aromatic rings. The van der Waals surface area contributed by atoms with Gasteiger partial charge in [0.1, 0.15) is 5.69 Å². The first-order valence-corrected chi connectivity index (χ1v) is 7.72. The van der Waals surface area contributed by atoms with E-state index in [1.165, 1.54) is 0 Å². The molecule has 0 aromatic carbocycles. The second kappa shape index (κ2) is 6.43. The van der Waals surface area contributed by atoms with Crippen molar-refractivity contribution in [3.63, 3.8) is 0 Å². The summed E-state index contributed by atoms with van der Waals surface area (Å²) in [6.07, 6.45) is 2.72. The normalized spacial score (nSPS) is 22.1. The van der Waals surface area contributed by atoms with Crippen LogP contribution in [-0.4, -0.2) is 35.3 Å². The topological polar surface area (TPSA) is 74.0 Å². The summed E-state index contributed by atoms with van der Waals surface area (Å²) in [5.74, 6) is -0.102. The Hall–Kier alpha value is -1.62. The van der Waals surface area contributed by atoms with Crippen LogP contribution in [0.3, 0.4) is 0 Å². The van der Waals surface area contributed by atoms with Crippen molar-refractivity contribution < 1.29 is 9.59 Å². The van der Waals surface area contributed by atoms with Gasteiger partial charge in [-0.05, 0) is 52.1 Å². The zero-order chi connectivity index (χ0) is 15.6. The molecule has 2 atom stereocenters. The maximum Gasteiger partial charge on any atom is 0.268 e. The second-order valence-corrected chi connectivity index (χ2v) is 5.85. The number of aryl methyl sites for hydroxylation is 1. The molecule has 116 valence electrons. The van der Waals surface area contributed by atoms with Crippen LogP contribution in [0, 0.1) is 6.92 Å². The molecule has 1 aliphatic heterocycles. The lowest BCUT2D eigenvalue weighted by atomic mass is 9.99. The van der Waals surface area contributed by atoms with Crippen LogP contribution in [0.4, 0.5) is 0 Å². The Balaban J connectivity index is 2.23. The smallest absolute Gasteiger partial charge is 0.268 e. The molecule has 2 unspecified atom stereocenters. The SMILES string of the molecule is CCc1c(C(=O)NC2CCCNC2C)[nH]c(C)c1C(C)=O. The molecule has 2 rings (SSSR count). The predicted molar refractivity (Wildman–Crippen MR) is 82.9 cm³/mol. The Bertz CT molecular complexity index is 548. The van der Waals surface area contributed by atoms with Crippen LogP contribution in [0.5, 0.6) is 0 Å². The number of hydrogen-bond donors (Lipinski definition) is 3. The number of Topliss-reactive ketones (excluding diaryl/α,β-unsaturated/α-hetero) is 1. The van der Waals surface area contributed by atoms with Crippen molar-refractivity contribution in [3.05, 3.63) is 22.5 Å². The van der Waals surface area contributed by atoms with Gasteiger partial charge >= 0.3 is 0 Å². The molecule has 0 radical (unpaired) electrons. The van der Waals surface area contributed by atoms with Crippen molar-refractivity contribution in [1.82, 2.24) is 15.6 Å². The number of rotatable bonds is 4. The zero-order valence-corrected chi connectivity index (χ0v) is 13.3. The number of H-pyrrole nitrogens is 1. The minimum atomic E-state index is -0.108. The number of nitrogens with one attached hydrogen (secondary N) is 3. The van der Waals surface area contributed by atoms with Gasteiger partial charge < -0.3 is 15.6 Å². The summed E-state index contributed by atoms with van der Waals surface area (Å²) in [6, 6.07) is 0.413. The van der Waals surface area contributed by atoms with Gasteiger partial charge in [0.2, 0.25) is 0 Å². The van der Waals surface area contributed by atoms with Crippen molar-refractivity contribution in [1.29, 1.82) is 0 Å². The summed E-state index contributed by atoms with van der Waals surface area (Å²) >= 11 is 0. The van der Waals surface area contributed by atoms with Gasteiger partial charge in [0.15, 0.2) is 5.78 Å². The summed E-state index contributed by atoms with van der Waals surface area (Å²) in [7, 11) is 0. The molecule has 5 heteroatoms. The highest BCUT2D eigenvalue weighted by molar-refractivity contribution is 6.02. The van der Waals surface area contributed by atoms with E-state index in [0.717, 1.165) is 30.6 Å². The number of aromatic nitrogens is 1. The number of carbonyl (C=O) groups is 2. The first-order valence-electron chi connectivity index (χ1n) is 7.72. The van der Waals surface area contributed by atoms with E-state index in [-0.39, 0.29) is 23.8 Å². The molecular weight excluding hydrogens is 266 g/mol. The van der Waals surface area contributed by atoms with E-state index in [2.05, 4.69) is 22.5 Å². The fraction of sp³-hybridized carbons (Fsp3) is 0.625. The molecule has 0 aliphatic carbocycles. The molecule has 1 aliphatic rings. The highest BCUT2D eigenvalue weighted by Gasteiger charge is 2.26. The lowest BCUT2D eigenvalue weighted by Crippen LogP contribution is -2.52. The molecule has 0 saturated carbocycles. The van der Waals surface area contributed by atoms with Crippen LogP contribution in [0.15, 0.2) is 0 Å². The molecule has 5 nitrogen and oxygen atoms in total. The number of ketones is 1. The van der Waals surface area contributed by atoms with Crippen LogP contribution in [0.2, 0.25) is 0 Å². The summed E-state index contributed by atoms with van der Waals surface area (Å²) in [5, 5.41) is 6.47. The first-order chi connectivity index (χ1) is 9.95. The van der Waals surface area contributed by atoms with Crippen LogP contribution in [0.1, 0.15) is 65.7 Å². The van der Waals surface area contributed by atoms with Gasteiger partial charge in [-0.15, -0.1) is 0 Å². The van der Waals surface area contributed by atoms with Gasteiger partial charge in [0, 0.05) is 23.3 Å². The van der Waals surface area contributed by atoms with E-state index in [1.54, 1.807) is 6.92 Å². The fourth-order valence-corrected chi connectivity index (χ4v) is 3.18. The Morgan fingerprint density at radius 1 is 1.38 bits per heavy atom. The molecule has 2 heterocycles. The third-order valence-corrected chi connectivity index (χ3v) is 4.30. The maximum atomic E-state index is 12.5. The van der Waals surface area contributed by atoms with Gasteiger partial charge in [-0.3, -0.25) is 9.59 Å². The van der Waals surface area contributed by atoms with Crippen LogP contribution in [0.25, 0.3) is 0 Å². The molecular formula is C16H25N3O2. The number of piperidine rings is 1. The maximum absolute atomic E-state index is 12.5. The summed E-state index contributed by atoms with van der Waals surface area (Å²) in [4.78, 5) is 27.4. The second-order valence-electron chi connectivity index (χ2n) is 5.85. The molecule has 1 fully saturated rings. The fourth-order valence-electron chi connectivity index (χ4n) is 3.18. The number of aromatic amines is 1. The van der Waals surface area contributed by atoms with Gasteiger partial charge in [-0.25, -0.2) is 0 Å². The van der Waals surface area contributed by atoms with E-state index in [4.69, 9.17) is 0 Å². The van der Waals surface area contributed by atoms with Gasteiger partial charge in [-0.1, -0.05) is 6.92 Å². The Labute approximate surface area is 125 Å². The molecule has 21 heavy (non-hydrogen) atoms. The lowest BCUT2D eigenvalue weighted by molar-refractivity contribution is 0.0914. The van der Waals surface area contributed by atoms with Crippen molar-refractivity contribution in [2.75, 3.05) is 6.54 Å². The highest BCUT2D eigenvalue weighted by Crippen LogP contribution is 2.21. The summed E-state index contributed by atoms with van der Waals surface area (Å²) in [5.41, 5.74) is 2.81. The number of carbonyl (C=O) groups excluding carboxylic acids is 2. The third-order valence-electron chi connectivity index (χ3n) is 4.30. The van der Waals surface area contributed by atoms with E-state index in [9.17, 15) is 9.59 Å². The quantitative estimate of drug-likeness (QED) is 0.742. The third kappa shape index (κ3) is 3.18. The lowest BCUT2D eigenvalue weighted by Gasteiger charge is -2.30. The van der Waals surface area contributed by atoms with E-state index < -0.39 is 0 Å². The number of hydrogen-bond acceptors (Lipinski definition) is 3. The van der Waals surface area contributed by atoms with E-state index in [0.29, 0.717) is 17.7 Å². The Morgan fingerprint density at radius 3 is 2.67 bits per heavy atom. The van der Waals surface area contributed by atoms with Gasteiger partial charge in [-0.2, -0.15) is 0 Å². The van der Waals surface area contributed by atoms with Gasteiger partial charge in [0.05, 0.1) is 0 Å². The standard InChI is InChI=1S/C16H25N3O2/c1-5-12-14(11(4)20)10(3)18-15(12)16(21)19-13-7-6-8-17-9(13)2/h9,13,17-18H,5-8H2,1-4H3,(H,19,21). The van der Waals surface area contributed by atoms with Crippen molar-refractivity contribution >= 4 is 11.7 Å². The highest BCUT2D eigenvalue weighted by atomic mass is 16.2. The molecule has 1 aromatic heterocycles. The van der Waals surface area contributed by atoms with Crippen LogP contribution < -0.4 is 10.6 Å². The first kappa shape index (κ1) is 15.8. The Morgan fingerprint density at radius 2 is 2.10 bits per heavy atom. The van der Waals surface area contributed by atoms with Crippen molar-refractivity contribution in [2.24, 2.45) is 0 Å². The van der Waals surface area contributed by atoms with Gasteiger partial charge in [0.25, 0.3) is 5.91 Å². The predicted octanol–water partition coefficient (Wildman–Crippen LogP) is 1.96. The molecule has 0 spiro atoms. The Kier molecular flexibility index (Phi) is 4.83. The average molecular weight is 291 g/mol. The van der Waals surface area contributed by atoms with Crippen molar-refractivity contribution in [2.45, 2.75) is 59.0 Å². The molecule has 1 saturated heterocycles. The zero-order valence-electron chi connectivity index (χ0n) is 13.3. The monoisotopic (exact) mass is 291 g/mol. The number of amides is 1. The van der Waals surface area contributed by atoms with E-state index >= 15 is 0 Å². The average Bonchev–Trinajstić information content (AvgIpc) is 2.78. The van der Waals surface area contributed by atoms with E-state index in [1.807, 2.05) is 13.8 Å². The van der Waals surface area contributed by atoms with Crippen molar-refractivity contribution in [3.8, 4) is 0 Å².